The molecule has 0 atom stereocenters. The van der Waals surface area contributed by atoms with Crippen molar-refractivity contribution >= 4 is 47.8 Å². The van der Waals surface area contributed by atoms with E-state index in [4.69, 9.17) is 5.11 Å². The van der Waals surface area contributed by atoms with Crippen LogP contribution in [0.1, 0.15) is 10.6 Å². The molecule has 5 nitrogen and oxygen atoms in total. The van der Waals surface area contributed by atoms with Gasteiger partial charge in [0.1, 0.15) is 0 Å². The van der Waals surface area contributed by atoms with Crippen molar-refractivity contribution in [3.8, 4) is 0 Å². The van der Waals surface area contributed by atoms with Crippen LogP contribution in [0.5, 0.6) is 0 Å². The number of anilines is 1. The normalized spacial score (nSPS) is 9.11. The van der Waals surface area contributed by atoms with Crippen molar-refractivity contribution in [2.75, 3.05) is 5.32 Å². The van der Waals surface area contributed by atoms with Crippen LogP contribution in [0, 0.1) is 0 Å². The van der Waals surface area contributed by atoms with Crippen molar-refractivity contribution < 1.29 is 9.90 Å². The van der Waals surface area contributed by atoms with E-state index in [9.17, 15) is 4.79 Å². The number of rotatable bonds is 5. The Balaban J connectivity index is 0.00000144. The predicted octanol–water partition coefficient (Wildman–Crippen LogP) is 2.55. The third-order valence-electron chi connectivity index (χ3n) is 2.08. The Morgan fingerprint density at radius 2 is 2.28 bits per heavy atom. The number of nitrogens with one attached hydrogen (secondary N) is 2. The number of halogens is 2. The third-order valence-corrected chi connectivity index (χ3v) is 3.00. The lowest BCUT2D eigenvalue weighted by atomic mass is 10.3. The fourth-order valence-corrected chi connectivity index (χ4v) is 2.19. The molecule has 0 aliphatic heterocycles. The Morgan fingerprint density at radius 1 is 1.50 bits per heavy atom. The quantitative estimate of drug-likeness (QED) is 0.793. The third kappa shape index (κ3) is 4.56. The molecular weight excluding hydrogens is 297 g/mol. The summed E-state index contributed by atoms with van der Waals surface area (Å²) in [6, 6.07) is 1.89. The van der Waals surface area contributed by atoms with Crippen molar-refractivity contribution in [1.29, 1.82) is 0 Å². The highest BCUT2D eigenvalue weighted by molar-refractivity contribution is 7.10. The first-order chi connectivity index (χ1) is 7.75. The number of carbonyl (C=O) groups is 1. The summed E-state index contributed by atoms with van der Waals surface area (Å²) < 4.78 is 0. The SMILES string of the molecule is Cl.Cl.O=C(O)Cc1sccc1NCc1cnc[nH]1. The van der Waals surface area contributed by atoms with Crippen molar-refractivity contribution in [1.82, 2.24) is 9.97 Å². The molecule has 0 aliphatic rings. The lowest BCUT2D eigenvalue weighted by Crippen LogP contribution is -2.04. The Kier molecular flexibility index (Phi) is 7.42. The number of aromatic amines is 1. The lowest BCUT2D eigenvalue weighted by Gasteiger charge is -2.04. The maximum atomic E-state index is 10.6. The predicted molar refractivity (Wildman–Crippen MR) is 76.1 cm³/mol. The van der Waals surface area contributed by atoms with Gasteiger partial charge >= 0.3 is 5.97 Å². The minimum absolute atomic E-state index is 0. The zero-order valence-electron chi connectivity index (χ0n) is 9.25. The fourth-order valence-electron chi connectivity index (χ4n) is 1.34. The van der Waals surface area contributed by atoms with Gasteiger partial charge in [-0.25, -0.2) is 4.98 Å². The van der Waals surface area contributed by atoms with Gasteiger partial charge in [0.05, 0.1) is 25.0 Å². The molecule has 0 spiro atoms. The topological polar surface area (TPSA) is 78.0 Å². The van der Waals surface area contributed by atoms with E-state index in [1.165, 1.54) is 11.3 Å². The van der Waals surface area contributed by atoms with Crippen molar-refractivity contribution in [2.24, 2.45) is 0 Å². The van der Waals surface area contributed by atoms with Crippen LogP contribution in [0.3, 0.4) is 0 Å². The molecule has 0 aliphatic carbocycles. The van der Waals surface area contributed by atoms with Crippen LogP contribution in [0.25, 0.3) is 0 Å². The van der Waals surface area contributed by atoms with Crippen LogP contribution in [0.15, 0.2) is 24.0 Å². The maximum absolute atomic E-state index is 10.6. The summed E-state index contributed by atoms with van der Waals surface area (Å²) in [7, 11) is 0. The molecule has 0 radical (unpaired) electrons. The Bertz CT molecular complexity index is 473. The van der Waals surface area contributed by atoms with Gasteiger partial charge in [0.25, 0.3) is 0 Å². The molecule has 0 fully saturated rings. The van der Waals surface area contributed by atoms with E-state index in [2.05, 4.69) is 15.3 Å². The van der Waals surface area contributed by atoms with Gasteiger partial charge in [0.2, 0.25) is 0 Å². The number of thiophene rings is 1. The molecule has 2 rings (SSSR count). The standard InChI is InChI=1S/C10H11N3O2S.2ClH/c14-10(15)3-9-8(1-2-16-9)12-5-7-4-11-6-13-7;;/h1-2,4,6,12H,3,5H2,(H,11,13)(H,14,15);2*1H. The summed E-state index contributed by atoms with van der Waals surface area (Å²) in [6.45, 7) is 0.614. The minimum Gasteiger partial charge on any atom is -0.481 e. The van der Waals surface area contributed by atoms with Crippen molar-refractivity contribution in [2.45, 2.75) is 13.0 Å². The summed E-state index contributed by atoms with van der Waals surface area (Å²) in [5, 5.41) is 13.8. The summed E-state index contributed by atoms with van der Waals surface area (Å²) in [4.78, 5) is 18.3. The van der Waals surface area contributed by atoms with Gasteiger partial charge in [0, 0.05) is 16.8 Å². The largest absolute Gasteiger partial charge is 0.481 e. The number of nitrogens with zero attached hydrogens (tertiary/aromatic N) is 1. The van der Waals surface area contributed by atoms with Crippen molar-refractivity contribution in [3.63, 3.8) is 0 Å². The fraction of sp³-hybridized carbons (Fsp3) is 0.200. The molecule has 0 amide bonds. The Hall–Kier alpha value is -1.24. The molecule has 18 heavy (non-hydrogen) atoms. The van der Waals surface area contributed by atoms with Crippen LogP contribution >= 0.6 is 36.2 Å². The molecule has 3 N–H and O–H groups in total. The molecule has 0 aromatic carbocycles. The molecule has 100 valence electrons. The molecule has 2 heterocycles. The smallest absolute Gasteiger partial charge is 0.308 e. The van der Waals surface area contributed by atoms with E-state index in [1.54, 1.807) is 12.5 Å². The molecular formula is C10H13Cl2N3O2S. The Labute approximate surface area is 120 Å². The maximum Gasteiger partial charge on any atom is 0.308 e. The summed E-state index contributed by atoms with van der Waals surface area (Å²) in [5.41, 5.74) is 1.84. The van der Waals surface area contributed by atoms with E-state index in [0.717, 1.165) is 16.3 Å². The second-order valence-corrected chi connectivity index (χ2v) is 4.26. The number of aromatic nitrogens is 2. The Morgan fingerprint density at radius 3 is 2.89 bits per heavy atom. The van der Waals surface area contributed by atoms with Gasteiger partial charge in [-0.2, -0.15) is 0 Å². The number of carboxylic acid groups (broad SMARTS) is 1. The number of carboxylic acids is 1. The first-order valence-electron chi connectivity index (χ1n) is 4.75. The first kappa shape index (κ1) is 16.8. The van der Waals surface area contributed by atoms with E-state index >= 15 is 0 Å². The van der Waals surface area contributed by atoms with Crippen LogP contribution < -0.4 is 5.32 Å². The number of H-pyrrole nitrogens is 1. The van der Waals surface area contributed by atoms with Crippen molar-refractivity contribution in [3.05, 3.63) is 34.5 Å². The van der Waals surface area contributed by atoms with Gasteiger partial charge in [0.15, 0.2) is 0 Å². The molecule has 0 bridgehead atoms. The summed E-state index contributed by atoms with van der Waals surface area (Å²) >= 11 is 1.45. The molecule has 0 unspecified atom stereocenters. The van der Waals surface area contributed by atoms with E-state index in [-0.39, 0.29) is 31.2 Å². The van der Waals surface area contributed by atoms with Gasteiger partial charge in [-0.05, 0) is 11.4 Å². The van der Waals surface area contributed by atoms with Gasteiger partial charge in [-0.1, -0.05) is 0 Å². The molecule has 2 aromatic heterocycles. The van der Waals surface area contributed by atoms with Crippen LogP contribution in [-0.2, 0) is 17.8 Å². The average Bonchev–Trinajstić information content (AvgIpc) is 2.84. The number of hydrogen-bond acceptors (Lipinski definition) is 4. The molecule has 0 saturated carbocycles. The van der Waals surface area contributed by atoms with Gasteiger partial charge < -0.3 is 15.4 Å². The number of hydrogen-bond donors (Lipinski definition) is 3. The zero-order chi connectivity index (χ0) is 11.4. The monoisotopic (exact) mass is 309 g/mol. The molecule has 8 heteroatoms. The highest BCUT2D eigenvalue weighted by Crippen LogP contribution is 2.23. The number of imidazole rings is 1. The lowest BCUT2D eigenvalue weighted by molar-refractivity contribution is -0.136. The minimum atomic E-state index is -0.813. The van der Waals surface area contributed by atoms with Crippen LogP contribution in [0.4, 0.5) is 5.69 Å². The number of aliphatic carboxylic acids is 1. The second kappa shape index (κ2) is 7.97. The van der Waals surface area contributed by atoms with Gasteiger partial charge in [-0.15, -0.1) is 36.2 Å². The van der Waals surface area contributed by atoms with Crippen LogP contribution in [0.2, 0.25) is 0 Å². The molecule has 2 aromatic rings. The molecule has 0 saturated heterocycles. The van der Waals surface area contributed by atoms with E-state index in [0.29, 0.717) is 6.54 Å². The van der Waals surface area contributed by atoms with Crippen LogP contribution in [-0.4, -0.2) is 21.0 Å². The first-order valence-corrected chi connectivity index (χ1v) is 5.63. The average molecular weight is 310 g/mol. The zero-order valence-corrected chi connectivity index (χ0v) is 11.7. The second-order valence-electron chi connectivity index (χ2n) is 3.26. The van der Waals surface area contributed by atoms with E-state index < -0.39 is 5.97 Å². The highest BCUT2D eigenvalue weighted by atomic mass is 35.5. The summed E-state index contributed by atoms with van der Waals surface area (Å²) in [6.07, 6.45) is 3.40. The summed E-state index contributed by atoms with van der Waals surface area (Å²) in [5.74, 6) is -0.813. The van der Waals surface area contributed by atoms with E-state index in [1.807, 2.05) is 11.4 Å². The van der Waals surface area contributed by atoms with Gasteiger partial charge in [-0.3, -0.25) is 4.79 Å². The highest BCUT2D eigenvalue weighted by Gasteiger charge is 2.08.